The number of nitrogens with one attached hydrogen (secondary N) is 1. The highest BCUT2D eigenvalue weighted by atomic mass is 16.5. The summed E-state index contributed by atoms with van der Waals surface area (Å²) in [6.07, 6.45) is 1.74. The van der Waals surface area contributed by atoms with Gasteiger partial charge in [-0.2, -0.15) is 0 Å². The van der Waals surface area contributed by atoms with Crippen molar-refractivity contribution >= 4 is 5.91 Å². The van der Waals surface area contributed by atoms with Gasteiger partial charge in [-0.3, -0.25) is 4.79 Å². The zero-order valence-corrected chi connectivity index (χ0v) is 9.58. The van der Waals surface area contributed by atoms with Crippen molar-refractivity contribution in [2.75, 3.05) is 26.2 Å². The molecule has 2 aliphatic heterocycles. The second-order valence-electron chi connectivity index (χ2n) is 5.07. The van der Waals surface area contributed by atoms with E-state index >= 15 is 0 Å². The van der Waals surface area contributed by atoms with E-state index in [0.29, 0.717) is 0 Å². The van der Waals surface area contributed by atoms with Crippen molar-refractivity contribution in [1.29, 1.82) is 0 Å². The molecule has 4 nitrogen and oxygen atoms in total. The predicted molar refractivity (Wildman–Crippen MR) is 57.6 cm³/mol. The Bertz CT molecular complexity index is 247. The first kappa shape index (κ1) is 10.9. The number of ether oxygens (including phenoxy) is 1. The molecule has 0 spiro atoms. The second kappa shape index (κ2) is 4.10. The van der Waals surface area contributed by atoms with Crippen LogP contribution in [-0.2, 0) is 9.53 Å². The van der Waals surface area contributed by atoms with Crippen LogP contribution in [0.5, 0.6) is 0 Å². The van der Waals surface area contributed by atoms with Crippen LogP contribution in [0.2, 0.25) is 0 Å². The average Bonchev–Trinajstić information content (AvgIpc) is 2.67. The third-order valence-corrected chi connectivity index (χ3v) is 3.09. The Morgan fingerprint density at radius 3 is 2.93 bits per heavy atom. The van der Waals surface area contributed by atoms with Gasteiger partial charge in [0.15, 0.2) is 0 Å². The lowest BCUT2D eigenvalue weighted by Gasteiger charge is -2.39. The first-order chi connectivity index (χ1) is 7.08. The molecule has 0 aromatic carbocycles. The van der Waals surface area contributed by atoms with Crippen molar-refractivity contribution in [3.63, 3.8) is 0 Å². The van der Waals surface area contributed by atoms with Crippen LogP contribution >= 0.6 is 0 Å². The molecule has 0 saturated carbocycles. The van der Waals surface area contributed by atoms with E-state index < -0.39 is 0 Å². The number of nitrogens with zero attached hydrogens (tertiary/aromatic N) is 1. The highest BCUT2D eigenvalue weighted by molar-refractivity contribution is 5.81. The van der Waals surface area contributed by atoms with E-state index in [1.807, 2.05) is 4.90 Å². The standard InChI is InChI=1S/C11H20N2O2/c1-11(2)8-13(6-5-12-11)10(14)9-4-3-7-15-9/h9,12H,3-8H2,1-2H3. The highest BCUT2D eigenvalue weighted by Gasteiger charge is 2.33. The van der Waals surface area contributed by atoms with Gasteiger partial charge < -0.3 is 15.0 Å². The number of hydrogen-bond acceptors (Lipinski definition) is 3. The fraction of sp³-hybridized carbons (Fsp3) is 0.909. The normalized spacial score (nSPS) is 30.5. The lowest BCUT2D eigenvalue weighted by Crippen LogP contribution is -2.59. The van der Waals surface area contributed by atoms with Crippen molar-refractivity contribution in [2.24, 2.45) is 0 Å². The molecule has 2 fully saturated rings. The molecule has 0 aliphatic carbocycles. The molecule has 1 amide bonds. The van der Waals surface area contributed by atoms with Crippen molar-refractivity contribution in [3.8, 4) is 0 Å². The number of rotatable bonds is 1. The third-order valence-electron chi connectivity index (χ3n) is 3.09. The Hall–Kier alpha value is -0.610. The van der Waals surface area contributed by atoms with Crippen LogP contribution < -0.4 is 5.32 Å². The average molecular weight is 212 g/mol. The summed E-state index contributed by atoms with van der Waals surface area (Å²) in [6, 6.07) is 0. The number of piperazine rings is 1. The SMILES string of the molecule is CC1(C)CN(C(=O)C2CCCO2)CCN1. The molecule has 15 heavy (non-hydrogen) atoms. The minimum Gasteiger partial charge on any atom is -0.368 e. The van der Waals surface area contributed by atoms with Gasteiger partial charge in [-0.1, -0.05) is 0 Å². The van der Waals surface area contributed by atoms with E-state index in [2.05, 4.69) is 19.2 Å². The van der Waals surface area contributed by atoms with Gasteiger partial charge in [0.25, 0.3) is 5.91 Å². The number of amides is 1. The van der Waals surface area contributed by atoms with Crippen LogP contribution in [0.25, 0.3) is 0 Å². The Balaban J connectivity index is 1.94. The maximum absolute atomic E-state index is 12.1. The van der Waals surface area contributed by atoms with Crippen molar-refractivity contribution < 1.29 is 9.53 Å². The summed E-state index contributed by atoms with van der Waals surface area (Å²) in [5.41, 5.74) is 0.0342. The highest BCUT2D eigenvalue weighted by Crippen LogP contribution is 2.17. The van der Waals surface area contributed by atoms with Crippen molar-refractivity contribution in [2.45, 2.75) is 38.3 Å². The van der Waals surface area contributed by atoms with Crippen molar-refractivity contribution in [1.82, 2.24) is 10.2 Å². The lowest BCUT2D eigenvalue weighted by atomic mass is 10.0. The molecule has 1 unspecified atom stereocenters. The zero-order valence-electron chi connectivity index (χ0n) is 9.58. The molecule has 2 aliphatic rings. The van der Waals surface area contributed by atoms with Gasteiger partial charge in [-0.05, 0) is 26.7 Å². The molecule has 1 N–H and O–H groups in total. The Kier molecular flexibility index (Phi) is 2.98. The fourth-order valence-corrected chi connectivity index (χ4v) is 2.31. The van der Waals surface area contributed by atoms with Crippen LogP contribution in [0.15, 0.2) is 0 Å². The largest absolute Gasteiger partial charge is 0.368 e. The van der Waals surface area contributed by atoms with Crippen LogP contribution in [0.4, 0.5) is 0 Å². The molecule has 0 aromatic rings. The zero-order chi connectivity index (χ0) is 10.9. The fourth-order valence-electron chi connectivity index (χ4n) is 2.31. The molecule has 0 bridgehead atoms. The first-order valence-corrected chi connectivity index (χ1v) is 5.74. The van der Waals surface area contributed by atoms with Gasteiger partial charge in [0.1, 0.15) is 6.10 Å². The van der Waals surface area contributed by atoms with Gasteiger partial charge >= 0.3 is 0 Å². The molecular weight excluding hydrogens is 192 g/mol. The van der Waals surface area contributed by atoms with E-state index in [4.69, 9.17) is 4.74 Å². The van der Waals surface area contributed by atoms with Gasteiger partial charge in [-0.15, -0.1) is 0 Å². The molecule has 2 heterocycles. The predicted octanol–water partition coefficient (Wildman–Crippen LogP) is 0.376. The van der Waals surface area contributed by atoms with Gasteiger partial charge in [0, 0.05) is 31.8 Å². The first-order valence-electron chi connectivity index (χ1n) is 5.74. The lowest BCUT2D eigenvalue weighted by molar-refractivity contribution is -0.143. The van der Waals surface area contributed by atoms with Crippen LogP contribution in [-0.4, -0.2) is 48.7 Å². The van der Waals surface area contributed by atoms with Gasteiger partial charge in [-0.25, -0.2) is 0 Å². The second-order valence-corrected chi connectivity index (χ2v) is 5.07. The van der Waals surface area contributed by atoms with E-state index in [0.717, 1.165) is 39.1 Å². The molecule has 4 heteroatoms. The third kappa shape index (κ3) is 2.49. The Morgan fingerprint density at radius 2 is 2.33 bits per heavy atom. The summed E-state index contributed by atoms with van der Waals surface area (Å²) in [4.78, 5) is 14.0. The Labute approximate surface area is 91.0 Å². The van der Waals surface area contributed by atoms with Gasteiger partial charge in [0.2, 0.25) is 0 Å². The van der Waals surface area contributed by atoms with E-state index in [1.54, 1.807) is 0 Å². The minimum atomic E-state index is -0.168. The van der Waals surface area contributed by atoms with Gasteiger partial charge in [0.05, 0.1) is 0 Å². The molecule has 1 atom stereocenters. The minimum absolute atomic E-state index is 0.0342. The van der Waals surface area contributed by atoms with Crippen molar-refractivity contribution in [3.05, 3.63) is 0 Å². The van der Waals surface area contributed by atoms with E-state index in [-0.39, 0.29) is 17.6 Å². The maximum atomic E-state index is 12.1. The molecule has 0 radical (unpaired) electrons. The topological polar surface area (TPSA) is 41.6 Å². The molecule has 0 aromatic heterocycles. The quantitative estimate of drug-likeness (QED) is 0.683. The summed E-state index contributed by atoms with van der Waals surface area (Å²) < 4.78 is 5.42. The summed E-state index contributed by atoms with van der Waals surface area (Å²) in [5.74, 6) is 0.182. The summed E-state index contributed by atoms with van der Waals surface area (Å²) >= 11 is 0. The maximum Gasteiger partial charge on any atom is 0.251 e. The summed E-state index contributed by atoms with van der Waals surface area (Å²) in [5, 5.41) is 3.40. The molecule has 2 rings (SSSR count). The monoisotopic (exact) mass is 212 g/mol. The smallest absolute Gasteiger partial charge is 0.251 e. The molecule has 2 saturated heterocycles. The Morgan fingerprint density at radius 1 is 1.53 bits per heavy atom. The number of hydrogen-bond donors (Lipinski definition) is 1. The van der Waals surface area contributed by atoms with E-state index in [1.165, 1.54) is 0 Å². The summed E-state index contributed by atoms with van der Waals surface area (Å²) in [7, 11) is 0. The molecule has 86 valence electrons. The number of carbonyl (C=O) groups is 1. The van der Waals surface area contributed by atoms with Crippen LogP contribution in [0.3, 0.4) is 0 Å². The summed E-state index contributed by atoms with van der Waals surface area (Å²) in [6.45, 7) is 7.47. The van der Waals surface area contributed by atoms with Crippen LogP contribution in [0.1, 0.15) is 26.7 Å². The number of carbonyl (C=O) groups excluding carboxylic acids is 1. The van der Waals surface area contributed by atoms with Crippen LogP contribution in [0, 0.1) is 0 Å². The van der Waals surface area contributed by atoms with E-state index in [9.17, 15) is 4.79 Å². The molecular formula is C11H20N2O2.